The van der Waals surface area contributed by atoms with Crippen LogP contribution in [0.25, 0.3) is 0 Å². The van der Waals surface area contributed by atoms with Crippen molar-refractivity contribution >= 4 is 51.2 Å². The van der Waals surface area contributed by atoms with Crippen LogP contribution in [-0.2, 0) is 11.2 Å². The smallest absolute Gasteiger partial charge is 0.267 e. The van der Waals surface area contributed by atoms with Crippen molar-refractivity contribution in [2.24, 2.45) is 0 Å². The van der Waals surface area contributed by atoms with Crippen molar-refractivity contribution in [1.29, 1.82) is 0 Å². The number of hydrogen-bond donors (Lipinski definition) is 1. The Kier molecular flexibility index (Phi) is 7.02. The predicted octanol–water partition coefficient (Wildman–Crippen LogP) is 4.19. The van der Waals surface area contributed by atoms with Crippen LogP contribution in [-0.4, -0.2) is 41.9 Å². The lowest BCUT2D eigenvalue weighted by atomic mass is 10.3. The maximum atomic E-state index is 12.3. The van der Waals surface area contributed by atoms with Crippen molar-refractivity contribution in [3.63, 3.8) is 0 Å². The second-order valence-corrected chi connectivity index (χ2v) is 8.11. The number of halogens is 1. The molecule has 0 atom stereocenters. The van der Waals surface area contributed by atoms with Crippen molar-refractivity contribution in [1.82, 2.24) is 9.88 Å². The molecule has 0 aliphatic rings. The average Bonchev–Trinajstić information content (AvgIpc) is 3.35. The number of ether oxygens (including phenoxy) is 1. The molecule has 3 rings (SSSR count). The van der Waals surface area contributed by atoms with Crippen LogP contribution < -0.4 is 10.1 Å². The Hall–Kier alpha value is -2.42. The molecule has 0 unspecified atom stereocenters. The maximum absolute atomic E-state index is 12.3. The number of likely N-dealkylation sites (N-methyl/N-ethyl adjacent to an activating group) is 1. The number of anilines is 1. The first-order valence-corrected chi connectivity index (χ1v) is 10.6. The molecule has 9 heteroatoms. The fraction of sp³-hybridized carbons (Fsp3) is 0.211. The average molecular weight is 436 g/mol. The van der Waals surface area contributed by atoms with Crippen LogP contribution >= 0.6 is 34.3 Å². The molecule has 0 spiro atoms. The number of hydrogen-bond acceptors (Lipinski definition) is 6. The van der Waals surface area contributed by atoms with Gasteiger partial charge in [-0.25, -0.2) is 4.98 Å². The molecule has 3 aromatic rings. The van der Waals surface area contributed by atoms with Crippen LogP contribution in [0.1, 0.15) is 15.4 Å². The van der Waals surface area contributed by atoms with Gasteiger partial charge in [0, 0.05) is 17.5 Å². The zero-order chi connectivity index (χ0) is 19.9. The minimum absolute atomic E-state index is 0.0684. The molecular formula is C19H18ClN3O3S2. The number of carbonyl (C=O) groups excluding carboxylic acids is 2. The molecule has 0 fully saturated rings. The van der Waals surface area contributed by atoms with E-state index in [4.69, 9.17) is 16.3 Å². The molecule has 6 nitrogen and oxygen atoms in total. The van der Waals surface area contributed by atoms with Crippen molar-refractivity contribution in [2.75, 3.05) is 25.5 Å². The van der Waals surface area contributed by atoms with Gasteiger partial charge in [-0.1, -0.05) is 17.7 Å². The van der Waals surface area contributed by atoms with Crippen LogP contribution in [0.2, 0.25) is 5.02 Å². The molecule has 2 amide bonds. The Labute approximate surface area is 175 Å². The van der Waals surface area contributed by atoms with E-state index in [9.17, 15) is 9.59 Å². The second kappa shape index (κ2) is 9.68. The fourth-order valence-corrected chi connectivity index (χ4v) is 3.71. The van der Waals surface area contributed by atoms with Crippen LogP contribution in [0.3, 0.4) is 0 Å². The molecule has 1 N–H and O–H groups in total. The summed E-state index contributed by atoms with van der Waals surface area (Å²) in [6.07, 6.45) is 0.169. The molecule has 0 aliphatic heterocycles. The van der Waals surface area contributed by atoms with Gasteiger partial charge in [0.1, 0.15) is 12.4 Å². The third-order valence-corrected chi connectivity index (χ3v) is 5.71. The minimum atomic E-state index is -0.196. The standard InChI is InChI=1S/C19H18ClN3O3S2/c1-23(8-9-26-15-6-4-13(20)5-7-15)17(24)11-14-12-28-19(21-14)22-18(25)16-3-2-10-27-16/h2-7,10,12H,8-9,11H2,1H3,(H,21,22,25). The third-order valence-electron chi connectivity index (χ3n) is 3.78. The summed E-state index contributed by atoms with van der Waals surface area (Å²) in [5.41, 5.74) is 0.627. The Balaban J connectivity index is 1.44. The van der Waals surface area contributed by atoms with Gasteiger partial charge in [0.25, 0.3) is 5.91 Å². The van der Waals surface area contributed by atoms with E-state index >= 15 is 0 Å². The van der Waals surface area contributed by atoms with Gasteiger partial charge in [-0.2, -0.15) is 0 Å². The summed E-state index contributed by atoms with van der Waals surface area (Å²) in [5, 5.41) is 7.50. The normalized spacial score (nSPS) is 10.5. The van der Waals surface area contributed by atoms with E-state index in [2.05, 4.69) is 10.3 Å². The highest BCUT2D eigenvalue weighted by Gasteiger charge is 2.14. The number of nitrogens with one attached hydrogen (secondary N) is 1. The number of aromatic nitrogens is 1. The van der Waals surface area contributed by atoms with Gasteiger partial charge in [0.2, 0.25) is 5.91 Å². The molecule has 0 radical (unpaired) electrons. The van der Waals surface area contributed by atoms with E-state index in [1.54, 1.807) is 47.7 Å². The van der Waals surface area contributed by atoms with E-state index in [-0.39, 0.29) is 18.2 Å². The molecule has 2 heterocycles. The summed E-state index contributed by atoms with van der Waals surface area (Å²) < 4.78 is 5.60. The lowest BCUT2D eigenvalue weighted by molar-refractivity contribution is -0.129. The highest BCUT2D eigenvalue weighted by Crippen LogP contribution is 2.19. The first kappa shape index (κ1) is 20.3. The Morgan fingerprint density at radius 1 is 1.21 bits per heavy atom. The lowest BCUT2D eigenvalue weighted by Crippen LogP contribution is -2.32. The van der Waals surface area contributed by atoms with E-state index < -0.39 is 0 Å². The van der Waals surface area contributed by atoms with E-state index in [1.165, 1.54) is 22.7 Å². The summed E-state index contributed by atoms with van der Waals surface area (Å²) in [4.78, 5) is 30.9. The highest BCUT2D eigenvalue weighted by molar-refractivity contribution is 7.14. The first-order chi connectivity index (χ1) is 13.5. The van der Waals surface area contributed by atoms with Crippen LogP contribution in [0.15, 0.2) is 47.2 Å². The molecule has 0 saturated carbocycles. The summed E-state index contributed by atoms with van der Waals surface area (Å²) in [6, 6.07) is 10.6. The molecule has 146 valence electrons. The number of benzene rings is 1. The largest absolute Gasteiger partial charge is 0.492 e. The lowest BCUT2D eigenvalue weighted by Gasteiger charge is -2.17. The monoisotopic (exact) mass is 435 g/mol. The van der Waals surface area contributed by atoms with Gasteiger partial charge in [-0.3, -0.25) is 14.9 Å². The van der Waals surface area contributed by atoms with Gasteiger partial charge in [0.15, 0.2) is 5.13 Å². The number of amides is 2. The van der Waals surface area contributed by atoms with Gasteiger partial charge < -0.3 is 9.64 Å². The number of carbonyl (C=O) groups is 2. The van der Waals surface area contributed by atoms with Crippen LogP contribution in [0, 0.1) is 0 Å². The Bertz CT molecular complexity index is 926. The summed E-state index contributed by atoms with van der Waals surface area (Å²) in [6.45, 7) is 0.830. The van der Waals surface area contributed by atoms with E-state index in [0.29, 0.717) is 39.6 Å². The van der Waals surface area contributed by atoms with Crippen molar-refractivity contribution < 1.29 is 14.3 Å². The number of thiazole rings is 1. The summed E-state index contributed by atoms with van der Waals surface area (Å²) in [5.74, 6) is 0.440. The molecular weight excluding hydrogens is 418 g/mol. The minimum Gasteiger partial charge on any atom is -0.492 e. The SMILES string of the molecule is CN(CCOc1ccc(Cl)cc1)C(=O)Cc1csc(NC(=O)c2cccs2)n1. The van der Waals surface area contributed by atoms with Gasteiger partial charge in [-0.15, -0.1) is 22.7 Å². The quantitative estimate of drug-likeness (QED) is 0.575. The second-order valence-electron chi connectivity index (χ2n) is 5.87. The first-order valence-electron chi connectivity index (χ1n) is 8.43. The topological polar surface area (TPSA) is 71.5 Å². The maximum Gasteiger partial charge on any atom is 0.267 e. The molecule has 0 bridgehead atoms. The Morgan fingerprint density at radius 2 is 2.00 bits per heavy atom. The van der Waals surface area contributed by atoms with Crippen molar-refractivity contribution in [3.05, 3.63) is 62.8 Å². The summed E-state index contributed by atoms with van der Waals surface area (Å²) >= 11 is 8.50. The van der Waals surface area contributed by atoms with Crippen LogP contribution in [0.5, 0.6) is 5.75 Å². The summed E-state index contributed by atoms with van der Waals surface area (Å²) in [7, 11) is 1.72. The molecule has 0 aliphatic carbocycles. The fourth-order valence-electron chi connectivity index (χ4n) is 2.26. The Morgan fingerprint density at radius 3 is 2.71 bits per heavy atom. The molecule has 0 saturated heterocycles. The van der Waals surface area contributed by atoms with Crippen LogP contribution in [0.4, 0.5) is 5.13 Å². The van der Waals surface area contributed by atoms with E-state index in [1.807, 2.05) is 11.4 Å². The van der Waals surface area contributed by atoms with Crippen molar-refractivity contribution in [2.45, 2.75) is 6.42 Å². The number of nitrogens with zero attached hydrogens (tertiary/aromatic N) is 2. The third kappa shape index (κ3) is 5.79. The van der Waals surface area contributed by atoms with Gasteiger partial charge >= 0.3 is 0 Å². The predicted molar refractivity (Wildman–Crippen MR) is 113 cm³/mol. The number of rotatable bonds is 8. The highest BCUT2D eigenvalue weighted by atomic mass is 35.5. The molecule has 2 aromatic heterocycles. The molecule has 1 aromatic carbocycles. The van der Waals surface area contributed by atoms with Gasteiger partial charge in [-0.05, 0) is 35.7 Å². The zero-order valence-electron chi connectivity index (χ0n) is 15.1. The number of thiophene rings is 1. The van der Waals surface area contributed by atoms with E-state index in [0.717, 1.165) is 0 Å². The van der Waals surface area contributed by atoms with Gasteiger partial charge in [0.05, 0.1) is 23.5 Å². The molecule has 28 heavy (non-hydrogen) atoms. The zero-order valence-corrected chi connectivity index (χ0v) is 17.4. The van der Waals surface area contributed by atoms with Crippen molar-refractivity contribution in [3.8, 4) is 5.75 Å².